The van der Waals surface area contributed by atoms with E-state index < -0.39 is 17.0 Å². The highest BCUT2D eigenvalue weighted by molar-refractivity contribution is 8.74. The van der Waals surface area contributed by atoms with Crippen LogP contribution in [0, 0.1) is 0 Å². The van der Waals surface area contributed by atoms with E-state index >= 15 is 0 Å². The van der Waals surface area contributed by atoms with Crippen LogP contribution in [-0.2, 0) is 19.7 Å². The molecule has 1 aliphatic heterocycles. The maximum atomic E-state index is 9.23. The number of rotatable bonds is 1. The lowest BCUT2D eigenvalue weighted by Gasteiger charge is -2.01. The van der Waals surface area contributed by atoms with Gasteiger partial charge >= 0.3 is 0 Å². The normalized spacial score (nSPS) is 18.9. The van der Waals surface area contributed by atoms with Crippen molar-refractivity contribution in [2.45, 2.75) is 0 Å². The van der Waals surface area contributed by atoms with Crippen LogP contribution in [0.3, 0.4) is 0 Å². The van der Waals surface area contributed by atoms with Crippen LogP contribution in [0.4, 0.5) is 0 Å². The third-order valence-electron chi connectivity index (χ3n) is 0.222. The fourth-order valence-electron chi connectivity index (χ4n) is 0.0278. The standard InChI is InChI=1S/CH4O3S.O2S2/c2-1-5(3)4;1-2-4-3-1/h2H,1H2,(H,3,4);. The Balaban J connectivity index is 0.000000144. The predicted molar refractivity (Wildman–Crippen MR) is 35.2 cm³/mol. The van der Waals surface area contributed by atoms with Crippen molar-refractivity contribution in [1.29, 1.82) is 0 Å². The molecule has 2 N–H and O–H groups in total. The molecular weight excluding hydrogens is 188 g/mol. The van der Waals surface area contributed by atoms with Crippen LogP contribution in [-0.4, -0.2) is 19.8 Å². The van der Waals surface area contributed by atoms with Gasteiger partial charge in [-0.15, -0.1) is 8.67 Å². The molecule has 0 spiro atoms. The van der Waals surface area contributed by atoms with Crippen LogP contribution >= 0.6 is 22.1 Å². The van der Waals surface area contributed by atoms with Gasteiger partial charge in [0.15, 0.2) is 11.1 Å². The van der Waals surface area contributed by atoms with Crippen LogP contribution in [0.1, 0.15) is 0 Å². The fourth-order valence-corrected chi connectivity index (χ4v) is 0.250. The van der Waals surface area contributed by atoms with Gasteiger partial charge in [-0.05, 0) is 0 Å². The van der Waals surface area contributed by atoms with E-state index in [0.29, 0.717) is 0 Å². The molecule has 56 valence electrons. The van der Waals surface area contributed by atoms with Gasteiger partial charge in [0.2, 0.25) is 0 Å². The molecule has 0 radical (unpaired) electrons. The van der Waals surface area contributed by atoms with E-state index in [-0.39, 0.29) is 0 Å². The molecule has 1 fully saturated rings. The quantitative estimate of drug-likeness (QED) is 0.268. The second-order valence-electron chi connectivity index (χ2n) is 0.723. The molecule has 1 unspecified atom stereocenters. The zero-order valence-corrected chi connectivity index (χ0v) is 6.50. The van der Waals surface area contributed by atoms with Gasteiger partial charge in [0.25, 0.3) is 0 Å². The van der Waals surface area contributed by atoms with Crippen LogP contribution in [0.5, 0.6) is 0 Å². The van der Waals surface area contributed by atoms with Crippen LogP contribution in [0.2, 0.25) is 0 Å². The van der Waals surface area contributed by atoms with E-state index in [1.807, 2.05) is 0 Å². The molecule has 9 heavy (non-hydrogen) atoms. The Morgan fingerprint density at radius 3 is 1.67 bits per heavy atom. The number of aliphatic hydroxyl groups excluding tert-OH is 1. The van der Waals surface area contributed by atoms with Gasteiger partial charge in [-0.3, -0.25) is 0 Å². The molecule has 0 saturated carbocycles. The summed E-state index contributed by atoms with van der Waals surface area (Å²) in [4.78, 5) is 0. The van der Waals surface area contributed by atoms with Crippen molar-refractivity contribution in [2.75, 3.05) is 5.94 Å². The zero-order valence-electron chi connectivity index (χ0n) is 4.05. The Morgan fingerprint density at radius 2 is 1.67 bits per heavy atom. The minimum Gasteiger partial charge on any atom is -0.381 e. The summed E-state index contributed by atoms with van der Waals surface area (Å²) in [5.41, 5.74) is 0. The van der Waals surface area contributed by atoms with Gasteiger partial charge in [-0.2, -0.15) is 0 Å². The molecule has 0 aromatic heterocycles. The Kier molecular flexibility index (Phi) is 7.33. The molecular formula is CH4O5S3. The number of hydrogen-bond donors (Lipinski definition) is 2. The first kappa shape index (κ1) is 9.69. The second-order valence-corrected chi connectivity index (χ2v) is 2.98. The first-order valence-corrected chi connectivity index (χ1v) is 4.90. The van der Waals surface area contributed by atoms with Crippen molar-refractivity contribution in [3.05, 3.63) is 0 Å². The topological polar surface area (TPSA) is 76.0 Å². The Hall–Kier alpha value is 0.690. The molecule has 0 amide bonds. The first-order valence-electron chi connectivity index (χ1n) is 1.62. The van der Waals surface area contributed by atoms with E-state index in [1.54, 1.807) is 0 Å². The second kappa shape index (κ2) is 6.81. The van der Waals surface area contributed by atoms with Crippen molar-refractivity contribution in [3.63, 3.8) is 0 Å². The van der Waals surface area contributed by atoms with Crippen molar-refractivity contribution in [1.82, 2.24) is 0 Å². The van der Waals surface area contributed by atoms with E-state index in [9.17, 15) is 4.21 Å². The van der Waals surface area contributed by atoms with E-state index in [1.165, 1.54) is 22.1 Å². The van der Waals surface area contributed by atoms with Crippen LogP contribution in [0.25, 0.3) is 0 Å². The van der Waals surface area contributed by atoms with Crippen LogP contribution < -0.4 is 0 Å². The Bertz CT molecular complexity index is 76.3. The van der Waals surface area contributed by atoms with Crippen molar-refractivity contribution in [2.24, 2.45) is 0 Å². The average Bonchev–Trinajstić information content (AvgIpc) is 1.61. The lowest BCUT2D eigenvalue weighted by molar-refractivity contribution is -0.0649. The Morgan fingerprint density at radius 1 is 1.44 bits per heavy atom. The lowest BCUT2D eigenvalue weighted by Crippen LogP contribution is -1.89. The summed E-state index contributed by atoms with van der Waals surface area (Å²) >= 11 is 0.446. The predicted octanol–water partition coefficient (Wildman–Crippen LogP) is 0.317. The first-order chi connectivity index (χ1) is 4.27. The van der Waals surface area contributed by atoms with Gasteiger partial charge < -0.3 is 9.66 Å². The molecule has 1 atom stereocenters. The van der Waals surface area contributed by atoms with Gasteiger partial charge in [0.1, 0.15) is 28.1 Å². The van der Waals surface area contributed by atoms with E-state index in [2.05, 4.69) is 8.67 Å². The van der Waals surface area contributed by atoms with Crippen LogP contribution in [0.15, 0.2) is 0 Å². The largest absolute Gasteiger partial charge is 0.381 e. The number of aliphatic hydroxyl groups is 1. The molecule has 1 heterocycles. The minimum atomic E-state index is -2.02. The van der Waals surface area contributed by atoms with E-state index in [0.717, 1.165) is 0 Å². The van der Waals surface area contributed by atoms with Gasteiger partial charge in [0.05, 0.1) is 0 Å². The molecule has 0 aromatic carbocycles. The summed E-state index contributed by atoms with van der Waals surface area (Å²) in [6.07, 6.45) is 0. The average molecular weight is 192 g/mol. The molecule has 0 bridgehead atoms. The number of hydrogen-bond acceptors (Lipinski definition) is 6. The van der Waals surface area contributed by atoms with Gasteiger partial charge in [-0.25, -0.2) is 4.21 Å². The molecule has 1 rings (SSSR count). The zero-order chi connectivity index (χ0) is 7.11. The molecule has 1 aliphatic rings. The smallest absolute Gasteiger partial charge is 0.179 e. The highest BCUT2D eigenvalue weighted by Crippen LogP contribution is 2.35. The van der Waals surface area contributed by atoms with Gasteiger partial charge in [0, 0.05) is 0 Å². The van der Waals surface area contributed by atoms with Crippen molar-refractivity contribution < 1.29 is 22.5 Å². The maximum Gasteiger partial charge on any atom is 0.179 e. The SMILES string of the molecule is O1OSS1.O=S(O)CO. The molecule has 0 aromatic rings. The summed E-state index contributed by atoms with van der Waals surface area (Å²) in [6.45, 7) is 0. The third kappa shape index (κ3) is 8.69. The van der Waals surface area contributed by atoms with Crippen molar-refractivity contribution in [3.8, 4) is 0 Å². The molecule has 8 heteroatoms. The molecule has 5 nitrogen and oxygen atoms in total. The van der Waals surface area contributed by atoms with Crippen molar-refractivity contribution >= 4 is 33.2 Å². The highest BCUT2D eigenvalue weighted by Gasteiger charge is 2.01. The highest BCUT2D eigenvalue weighted by atomic mass is 33.1. The third-order valence-corrected chi connectivity index (χ3v) is 1.33. The summed E-state index contributed by atoms with van der Waals surface area (Å²) in [5.74, 6) is -0.667. The fraction of sp³-hybridized carbons (Fsp3) is 1.00. The summed E-state index contributed by atoms with van der Waals surface area (Å²) in [6, 6.07) is 0. The Labute approximate surface area is 62.1 Å². The van der Waals surface area contributed by atoms with E-state index in [4.69, 9.17) is 9.66 Å². The molecule has 1 saturated heterocycles. The monoisotopic (exact) mass is 192 g/mol. The van der Waals surface area contributed by atoms with Gasteiger partial charge in [-0.1, -0.05) is 0 Å². The summed E-state index contributed by atoms with van der Waals surface area (Å²) < 4.78 is 25.0. The lowest BCUT2D eigenvalue weighted by atomic mass is 11.7. The minimum absolute atomic E-state index is 0.667. The maximum absolute atomic E-state index is 9.23. The molecule has 0 aliphatic carbocycles. The summed E-state index contributed by atoms with van der Waals surface area (Å²) in [5, 5.41) is 7.59. The summed E-state index contributed by atoms with van der Waals surface area (Å²) in [7, 11) is 0.